The van der Waals surface area contributed by atoms with E-state index in [1.54, 1.807) is 0 Å². The van der Waals surface area contributed by atoms with Gasteiger partial charge < -0.3 is 0 Å². The highest BCUT2D eigenvalue weighted by Gasteiger charge is 2.29. The van der Waals surface area contributed by atoms with Crippen molar-refractivity contribution in [2.75, 3.05) is 0 Å². The zero-order valence-electron chi connectivity index (χ0n) is 11.0. The van der Waals surface area contributed by atoms with E-state index in [4.69, 9.17) is 0 Å². The number of rotatable bonds is 4. The average molecular weight is 281 g/mol. The van der Waals surface area contributed by atoms with Gasteiger partial charge in [0.1, 0.15) is 5.82 Å². The van der Waals surface area contributed by atoms with Gasteiger partial charge in [0.2, 0.25) is 11.5 Å². The Hall–Kier alpha value is -1.36. The molecule has 0 heterocycles. The standard InChI is InChI=1S/C14H16FNO2S/c1-8(2)11-5-10(15)6-12(9-3-4-9)13(11)7-14(17)16-19-18/h5-6,8-9H,3-4,7H2,1-2H3. The van der Waals surface area contributed by atoms with Crippen molar-refractivity contribution in [2.24, 2.45) is 4.36 Å². The number of nitrogens with zero attached hydrogens (tertiary/aromatic N) is 1. The maximum Gasteiger partial charge on any atom is 0.263 e. The zero-order valence-corrected chi connectivity index (χ0v) is 11.8. The van der Waals surface area contributed by atoms with Crippen LogP contribution < -0.4 is 0 Å². The minimum atomic E-state index is -0.449. The van der Waals surface area contributed by atoms with Crippen LogP contribution in [-0.4, -0.2) is 10.1 Å². The van der Waals surface area contributed by atoms with Crippen molar-refractivity contribution in [3.05, 3.63) is 34.6 Å². The summed E-state index contributed by atoms with van der Waals surface area (Å²) in [5.74, 6) is -0.209. The first-order valence-electron chi connectivity index (χ1n) is 6.38. The lowest BCUT2D eigenvalue weighted by Crippen LogP contribution is -2.08. The molecule has 0 spiro atoms. The van der Waals surface area contributed by atoms with Gasteiger partial charge in [0, 0.05) is 0 Å². The number of carbonyl (C=O) groups excluding carboxylic acids is 1. The molecule has 0 aromatic heterocycles. The van der Waals surface area contributed by atoms with Crippen LogP contribution in [0.3, 0.4) is 0 Å². The summed E-state index contributed by atoms with van der Waals surface area (Å²) in [6.45, 7) is 3.94. The molecule has 0 bridgehead atoms. The van der Waals surface area contributed by atoms with Crippen LogP contribution in [0.5, 0.6) is 0 Å². The van der Waals surface area contributed by atoms with Gasteiger partial charge in [-0.15, -0.1) is 4.36 Å². The summed E-state index contributed by atoms with van der Waals surface area (Å²) in [6.07, 6.45) is 2.17. The van der Waals surface area contributed by atoms with E-state index < -0.39 is 5.91 Å². The minimum Gasteiger partial charge on any atom is -0.271 e. The molecule has 1 aromatic carbocycles. The van der Waals surface area contributed by atoms with E-state index in [-0.39, 0.29) is 29.6 Å². The molecule has 2 rings (SSSR count). The van der Waals surface area contributed by atoms with Gasteiger partial charge in [-0.1, -0.05) is 13.8 Å². The quantitative estimate of drug-likeness (QED) is 0.850. The summed E-state index contributed by atoms with van der Waals surface area (Å²) in [7, 11) is 0. The van der Waals surface area contributed by atoms with Crippen LogP contribution in [-0.2, 0) is 22.7 Å². The second-order valence-electron chi connectivity index (χ2n) is 5.23. The smallest absolute Gasteiger partial charge is 0.263 e. The van der Waals surface area contributed by atoms with Crippen molar-refractivity contribution in [1.29, 1.82) is 0 Å². The van der Waals surface area contributed by atoms with Crippen LogP contribution in [0.2, 0.25) is 0 Å². The first-order chi connectivity index (χ1) is 9.02. The Balaban J connectivity index is 2.47. The highest BCUT2D eigenvalue weighted by Crippen LogP contribution is 2.43. The summed E-state index contributed by atoms with van der Waals surface area (Å²) >= 11 is -0.0724. The molecular formula is C14H16FNO2S. The van der Waals surface area contributed by atoms with Crippen LogP contribution in [0.15, 0.2) is 16.5 Å². The molecule has 1 amide bonds. The minimum absolute atomic E-state index is 0.0724. The van der Waals surface area contributed by atoms with Crippen molar-refractivity contribution in [3.63, 3.8) is 0 Å². The first-order valence-corrected chi connectivity index (χ1v) is 7.07. The summed E-state index contributed by atoms with van der Waals surface area (Å²) in [5.41, 5.74) is 2.63. The Morgan fingerprint density at radius 3 is 2.68 bits per heavy atom. The third-order valence-electron chi connectivity index (χ3n) is 3.39. The Morgan fingerprint density at radius 1 is 1.47 bits per heavy atom. The van der Waals surface area contributed by atoms with Gasteiger partial charge in [0.15, 0.2) is 0 Å². The summed E-state index contributed by atoms with van der Waals surface area (Å²) in [5, 5.41) is 0. The van der Waals surface area contributed by atoms with Gasteiger partial charge in [-0.3, -0.25) is 4.79 Å². The summed E-state index contributed by atoms with van der Waals surface area (Å²) in [6, 6.07) is 3.01. The van der Waals surface area contributed by atoms with E-state index in [9.17, 15) is 13.4 Å². The van der Waals surface area contributed by atoms with Crippen molar-refractivity contribution in [2.45, 2.75) is 44.9 Å². The van der Waals surface area contributed by atoms with Gasteiger partial charge in [-0.25, -0.2) is 4.39 Å². The summed E-state index contributed by atoms with van der Waals surface area (Å²) in [4.78, 5) is 11.6. The molecule has 19 heavy (non-hydrogen) atoms. The van der Waals surface area contributed by atoms with Crippen LogP contribution >= 0.6 is 0 Å². The van der Waals surface area contributed by atoms with Gasteiger partial charge in [-0.2, -0.15) is 4.21 Å². The molecule has 3 nitrogen and oxygen atoms in total. The van der Waals surface area contributed by atoms with Crippen LogP contribution in [0.25, 0.3) is 0 Å². The van der Waals surface area contributed by atoms with E-state index in [2.05, 4.69) is 4.36 Å². The monoisotopic (exact) mass is 281 g/mol. The fourth-order valence-corrected chi connectivity index (χ4v) is 2.53. The first kappa shape index (κ1) is 14.1. The van der Waals surface area contributed by atoms with E-state index in [0.717, 1.165) is 29.5 Å². The van der Waals surface area contributed by atoms with E-state index in [1.165, 1.54) is 12.1 Å². The molecule has 0 radical (unpaired) electrons. The molecule has 0 unspecified atom stereocenters. The Labute approximate surface area is 115 Å². The normalized spacial score (nSPS) is 14.5. The number of amides is 1. The van der Waals surface area contributed by atoms with Crippen LogP contribution in [0.4, 0.5) is 4.39 Å². The molecule has 0 N–H and O–H groups in total. The number of halogens is 1. The average Bonchev–Trinajstić information content (AvgIpc) is 3.14. The molecule has 0 atom stereocenters. The molecule has 1 aliphatic rings. The molecule has 0 aliphatic heterocycles. The van der Waals surface area contributed by atoms with Gasteiger partial charge in [0.05, 0.1) is 6.42 Å². The van der Waals surface area contributed by atoms with E-state index in [0.29, 0.717) is 5.92 Å². The molecule has 1 aromatic rings. The van der Waals surface area contributed by atoms with Crippen LogP contribution in [0, 0.1) is 5.82 Å². The SMILES string of the molecule is CC(C)c1cc(F)cc(C2CC2)c1CC(=O)N=S=O. The molecule has 5 heteroatoms. The number of hydrogen-bond acceptors (Lipinski definition) is 2. The Kier molecular flexibility index (Phi) is 4.24. The summed E-state index contributed by atoms with van der Waals surface area (Å²) < 4.78 is 27.3. The molecule has 102 valence electrons. The lowest BCUT2D eigenvalue weighted by Gasteiger charge is -2.16. The van der Waals surface area contributed by atoms with Gasteiger partial charge in [0.25, 0.3) is 5.91 Å². The lowest BCUT2D eigenvalue weighted by atomic mass is 9.89. The third kappa shape index (κ3) is 3.35. The maximum atomic E-state index is 13.7. The van der Waals surface area contributed by atoms with Gasteiger partial charge in [-0.05, 0) is 53.5 Å². The topological polar surface area (TPSA) is 46.5 Å². The van der Waals surface area contributed by atoms with E-state index >= 15 is 0 Å². The molecule has 1 aliphatic carbocycles. The molecular weight excluding hydrogens is 265 g/mol. The molecule has 1 fully saturated rings. The Bertz CT molecular complexity index is 538. The Morgan fingerprint density at radius 2 is 2.16 bits per heavy atom. The molecule has 1 saturated carbocycles. The fourth-order valence-electron chi connectivity index (χ4n) is 2.38. The predicted octanol–water partition coefficient (Wildman–Crippen LogP) is 3.29. The number of carbonyl (C=O) groups is 1. The van der Waals surface area contributed by atoms with Gasteiger partial charge >= 0.3 is 0 Å². The second kappa shape index (κ2) is 5.74. The second-order valence-corrected chi connectivity index (χ2v) is 5.56. The third-order valence-corrected chi connectivity index (χ3v) is 3.67. The van der Waals surface area contributed by atoms with E-state index in [1.807, 2.05) is 13.8 Å². The highest BCUT2D eigenvalue weighted by atomic mass is 32.1. The highest BCUT2D eigenvalue weighted by molar-refractivity contribution is 7.55. The predicted molar refractivity (Wildman–Crippen MR) is 71.7 cm³/mol. The van der Waals surface area contributed by atoms with Crippen molar-refractivity contribution in [1.82, 2.24) is 0 Å². The van der Waals surface area contributed by atoms with Crippen LogP contribution in [0.1, 0.15) is 55.2 Å². The van der Waals surface area contributed by atoms with Crippen molar-refractivity contribution >= 4 is 17.4 Å². The largest absolute Gasteiger partial charge is 0.271 e. The molecule has 0 saturated heterocycles. The van der Waals surface area contributed by atoms with Crippen molar-refractivity contribution < 1.29 is 13.4 Å². The fraction of sp³-hybridized carbons (Fsp3) is 0.500. The lowest BCUT2D eigenvalue weighted by molar-refractivity contribution is -0.117. The maximum absolute atomic E-state index is 13.7. The van der Waals surface area contributed by atoms with Crippen molar-refractivity contribution in [3.8, 4) is 0 Å². The number of hydrogen-bond donors (Lipinski definition) is 0. The number of benzene rings is 1. The zero-order chi connectivity index (χ0) is 14.0.